The summed E-state index contributed by atoms with van der Waals surface area (Å²) in [6, 6.07) is 8.84. The molecular weight excluding hydrogens is 366 g/mol. The third kappa shape index (κ3) is 3.33. The van der Waals surface area contributed by atoms with E-state index in [1.54, 1.807) is 21.8 Å². The Bertz CT molecular complexity index is 832. The van der Waals surface area contributed by atoms with Crippen molar-refractivity contribution in [1.82, 2.24) is 20.4 Å². The van der Waals surface area contributed by atoms with Gasteiger partial charge in [-0.15, -0.1) is 0 Å². The van der Waals surface area contributed by atoms with E-state index in [1.165, 1.54) is 0 Å². The molecule has 142 valence electrons. The van der Waals surface area contributed by atoms with Gasteiger partial charge >= 0.3 is 0 Å². The highest BCUT2D eigenvalue weighted by atomic mass is 35.5. The average molecular weight is 388 g/mol. The summed E-state index contributed by atoms with van der Waals surface area (Å²) in [7, 11) is 0. The summed E-state index contributed by atoms with van der Waals surface area (Å²) in [5.41, 5.74) is -0.0279. The van der Waals surface area contributed by atoms with Gasteiger partial charge in [-0.2, -0.15) is 5.10 Å². The van der Waals surface area contributed by atoms with Crippen LogP contribution in [0.15, 0.2) is 42.7 Å². The number of rotatable bonds is 4. The fourth-order valence-corrected chi connectivity index (χ4v) is 4.19. The molecule has 1 atom stereocenters. The van der Waals surface area contributed by atoms with E-state index < -0.39 is 5.54 Å². The summed E-state index contributed by atoms with van der Waals surface area (Å²) in [6.45, 7) is 1.92. The van der Waals surface area contributed by atoms with Crippen molar-refractivity contribution in [2.24, 2.45) is 0 Å². The maximum Gasteiger partial charge on any atom is 0.248 e. The lowest BCUT2D eigenvalue weighted by molar-refractivity contribution is -0.132. The van der Waals surface area contributed by atoms with Crippen LogP contribution in [0.4, 0.5) is 5.69 Å². The number of para-hydroxylation sites is 1. The first kappa shape index (κ1) is 18.0. The first-order chi connectivity index (χ1) is 13.1. The Morgan fingerprint density at radius 3 is 2.74 bits per heavy atom. The number of hydrogen-bond donors (Lipinski definition) is 2. The van der Waals surface area contributed by atoms with Gasteiger partial charge in [0.2, 0.25) is 11.8 Å². The quantitative estimate of drug-likeness (QED) is 0.834. The highest BCUT2D eigenvalue weighted by molar-refractivity contribution is 6.33. The van der Waals surface area contributed by atoms with E-state index in [4.69, 9.17) is 11.6 Å². The molecule has 0 spiro atoms. The van der Waals surface area contributed by atoms with Crippen molar-refractivity contribution >= 4 is 29.1 Å². The van der Waals surface area contributed by atoms with Gasteiger partial charge in [-0.25, -0.2) is 0 Å². The molecule has 1 aromatic carbocycles. The largest absolute Gasteiger partial charge is 0.349 e. The fraction of sp³-hybridized carbons (Fsp3) is 0.421. The topological polar surface area (TPSA) is 79.3 Å². The van der Waals surface area contributed by atoms with Crippen LogP contribution in [-0.2, 0) is 15.1 Å². The number of carbonyl (C=O) groups excluding carboxylic acids is 2. The molecule has 0 saturated carbocycles. The zero-order valence-electron chi connectivity index (χ0n) is 14.9. The molecule has 2 aliphatic rings. The summed E-state index contributed by atoms with van der Waals surface area (Å²) in [5, 5.41) is 11.2. The smallest absolute Gasteiger partial charge is 0.248 e. The van der Waals surface area contributed by atoms with Crippen LogP contribution in [0.5, 0.6) is 0 Å². The molecule has 1 unspecified atom stereocenters. The molecular formula is C19H22ClN5O2. The maximum atomic E-state index is 13.2. The Morgan fingerprint density at radius 1 is 1.26 bits per heavy atom. The van der Waals surface area contributed by atoms with Gasteiger partial charge in [0.1, 0.15) is 5.54 Å². The van der Waals surface area contributed by atoms with Gasteiger partial charge < -0.3 is 15.5 Å². The van der Waals surface area contributed by atoms with Crippen LogP contribution < -0.4 is 15.5 Å². The van der Waals surface area contributed by atoms with E-state index in [0.29, 0.717) is 30.1 Å². The van der Waals surface area contributed by atoms with E-state index in [9.17, 15) is 9.59 Å². The molecule has 7 nitrogen and oxygen atoms in total. The molecule has 2 N–H and O–H groups in total. The number of aromatic nitrogens is 2. The Morgan fingerprint density at radius 2 is 2.04 bits per heavy atom. The van der Waals surface area contributed by atoms with Crippen molar-refractivity contribution in [3.05, 3.63) is 47.7 Å². The summed E-state index contributed by atoms with van der Waals surface area (Å²) in [5.74, 6) is -0.113. The molecule has 0 bridgehead atoms. The summed E-state index contributed by atoms with van der Waals surface area (Å²) in [6.07, 6.45) is 5.12. The van der Waals surface area contributed by atoms with Crippen LogP contribution in [0.3, 0.4) is 0 Å². The number of piperidine rings is 1. The molecule has 1 aromatic heterocycles. The lowest BCUT2D eigenvalue weighted by Crippen LogP contribution is -2.56. The van der Waals surface area contributed by atoms with E-state index in [0.717, 1.165) is 13.1 Å². The van der Waals surface area contributed by atoms with Crippen molar-refractivity contribution in [1.29, 1.82) is 0 Å². The normalized spacial score (nSPS) is 22.0. The lowest BCUT2D eigenvalue weighted by Gasteiger charge is -2.37. The number of amides is 2. The van der Waals surface area contributed by atoms with Gasteiger partial charge in [0.25, 0.3) is 0 Å². The van der Waals surface area contributed by atoms with Crippen LogP contribution in [0.25, 0.3) is 0 Å². The maximum absolute atomic E-state index is 13.2. The zero-order valence-corrected chi connectivity index (χ0v) is 15.7. The molecule has 2 fully saturated rings. The van der Waals surface area contributed by atoms with Gasteiger partial charge in [-0.05, 0) is 44.1 Å². The van der Waals surface area contributed by atoms with Crippen LogP contribution in [0, 0.1) is 0 Å². The van der Waals surface area contributed by atoms with Gasteiger partial charge in [0.15, 0.2) is 0 Å². The van der Waals surface area contributed by atoms with Crippen LogP contribution >= 0.6 is 11.6 Å². The number of nitrogens with zero attached hydrogens (tertiary/aromatic N) is 3. The minimum atomic E-state index is -0.713. The summed E-state index contributed by atoms with van der Waals surface area (Å²) < 4.78 is 1.76. The second-order valence-corrected chi connectivity index (χ2v) is 7.47. The highest BCUT2D eigenvalue weighted by Gasteiger charge is 2.44. The summed E-state index contributed by atoms with van der Waals surface area (Å²) in [4.78, 5) is 27.4. The zero-order chi connectivity index (χ0) is 18.9. The molecule has 2 aliphatic heterocycles. The second-order valence-electron chi connectivity index (χ2n) is 7.06. The van der Waals surface area contributed by atoms with Crippen molar-refractivity contribution in [3.8, 4) is 0 Å². The molecule has 2 aromatic rings. The Kier molecular flexibility index (Phi) is 4.88. The number of nitrogens with one attached hydrogen (secondary N) is 2. The SMILES string of the molecule is O=C1CC(NC(=O)C2(n3cccn3)CCNCC2)CN1c1ccccc1Cl. The van der Waals surface area contributed by atoms with Crippen LogP contribution in [0.2, 0.25) is 5.02 Å². The fourth-order valence-electron chi connectivity index (χ4n) is 3.95. The van der Waals surface area contributed by atoms with E-state index in [1.807, 2.05) is 30.5 Å². The number of hydrogen-bond acceptors (Lipinski definition) is 4. The van der Waals surface area contributed by atoms with Crippen molar-refractivity contribution < 1.29 is 9.59 Å². The van der Waals surface area contributed by atoms with Gasteiger partial charge in [0.05, 0.1) is 16.8 Å². The highest BCUT2D eigenvalue weighted by Crippen LogP contribution is 2.31. The van der Waals surface area contributed by atoms with Crippen molar-refractivity contribution in [2.75, 3.05) is 24.5 Å². The van der Waals surface area contributed by atoms with Gasteiger partial charge in [-0.3, -0.25) is 14.3 Å². The van der Waals surface area contributed by atoms with Crippen molar-refractivity contribution in [2.45, 2.75) is 30.8 Å². The Labute approximate surface area is 162 Å². The Balaban J connectivity index is 1.51. The average Bonchev–Trinajstić information content (AvgIpc) is 3.33. The second kappa shape index (κ2) is 7.32. The van der Waals surface area contributed by atoms with Crippen molar-refractivity contribution in [3.63, 3.8) is 0 Å². The van der Waals surface area contributed by atoms with E-state index >= 15 is 0 Å². The molecule has 8 heteroatoms. The molecule has 27 heavy (non-hydrogen) atoms. The van der Waals surface area contributed by atoms with Gasteiger partial charge in [0, 0.05) is 25.4 Å². The minimum absolute atomic E-state index is 0.0353. The standard InChI is InChI=1S/C19H22ClN5O2/c20-15-4-1-2-5-16(15)24-13-14(12-17(24)26)23-18(27)19(6-9-21-10-7-19)25-11-3-8-22-25/h1-5,8,11,14,21H,6-7,9-10,12-13H2,(H,23,27). The van der Waals surface area contributed by atoms with Crippen LogP contribution in [-0.4, -0.2) is 47.3 Å². The van der Waals surface area contributed by atoms with E-state index in [2.05, 4.69) is 15.7 Å². The minimum Gasteiger partial charge on any atom is -0.349 e. The predicted octanol–water partition coefficient (Wildman–Crippen LogP) is 1.54. The molecule has 2 amide bonds. The van der Waals surface area contributed by atoms with Gasteiger partial charge in [-0.1, -0.05) is 23.7 Å². The first-order valence-corrected chi connectivity index (χ1v) is 9.55. The number of benzene rings is 1. The number of anilines is 1. The third-order valence-corrected chi connectivity index (χ3v) is 5.72. The third-order valence-electron chi connectivity index (χ3n) is 5.40. The molecule has 3 heterocycles. The predicted molar refractivity (Wildman–Crippen MR) is 103 cm³/mol. The van der Waals surface area contributed by atoms with E-state index in [-0.39, 0.29) is 24.3 Å². The molecule has 2 saturated heterocycles. The lowest BCUT2D eigenvalue weighted by atomic mass is 9.87. The monoisotopic (exact) mass is 387 g/mol. The molecule has 0 aliphatic carbocycles. The Hall–Kier alpha value is -2.38. The van der Waals surface area contributed by atoms with Crippen LogP contribution in [0.1, 0.15) is 19.3 Å². The first-order valence-electron chi connectivity index (χ1n) is 9.17. The number of carbonyl (C=O) groups is 2. The number of halogens is 1. The molecule has 4 rings (SSSR count). The summed E-state index contributed by atoms with van der Waals surface area (Å²) >= 11 is 6.23. The molecule has 0 radical (unpaired) electrons.